The smallest absolute Gasteiger partial charge is 0.247 e. The van der Waals surface area contributed by atoms with E-state index in [1.807, 2.05) is 31.9 Å². The molecule has 1 saturated carbocycles. The molecule has 1 aromatic rings. The highest BCUT2D eigenvalue weighted by molar-refractivity contribution is 5.88. The quantitative estimate of drug-likeness (QED) is 0.678. The summed E-state index contributed by atoms with van der Waals surface area (Å²) in [6, 6.07) is -0.636. The lowest BCUT2D eigenvalue weighted by Crippen LogP contribution is -2.56. The summed E-state index contributed by atoms with van der Waals surface area (Å²) in [6.45, 7) is 7.63. The first-order valence-electron chi connectivity index (χ1n) is 11.7. The SMILES string of the molecule is CC(C)C(=O)NC(C(=O)N1CCC(c2ncc[nH]2)CC1)C(C)OCC1CCCCC1. The fraction of sp³-hybridized carbons (Fsp3) is 0.783. The van der Waals surface area contributed by atoms with Gasteiger partial charge in [0.25, 0.3) is 0 Å². The van der Waals surface area contributed by atoms with Crippen LogP contribution in [0.5, 0.6) is 0 Å². The van der Waals surface area contributed by atoms with Crippen LogP contribution in [0.25, 0.3) is 0 Å². The minimum absolute atomic E-state index is 0.0296. The fourth-order valence-corrected chi connectivity index (χ4v) is 4.51. The number of rotatable bonds is 8. The number of likely N-dealkylation sites (tertiary alicyclic amines) is 1. The van der Waals surface area contributed by atoms with Crippen molar-refractivity contribution < 1.29 is 14.3 Å². The topological polar surface area (TPSA) is 87.3 Å². The highest BCUT2D eigenvalue weighted by atomic mass is 16.5. The van der Waals surface area contributed by atoms with Crippen LogP contribution in [0.4, 0.5) is 0 Å². The van der Waals surface area contributed by atoms with Gasteiger partial charge in [0.1, 0.15) is 11.9 Å². The Kier molecular flexibility index (Phi) is 8.31. The molecule has 2 atom stereocenters. The van der Waals surface area contributed by atoms with Crippen molar-refractivity contribution in [2.45, 2.75) is 83.8 Å². The third-order valence-electron chi connectivity index (χ3n) is 6.59. The van der Waals surface area contributed by atoms with E-state index < -0.39 is 6.04 Å². The predicted octanol–water partition coefficient (Wildman–Crippen LogP) is 3.24. The molecular weight excluding hydrogens is 380 g/mol. The van der Waals surface area contributed by atoms with E-state index in [-0.39, 0.29) is 23.8 Å². The lowest BCUT2D eigenvalue weighted by atomic mass is 9.90. The van der Waals surface area contributed by atoms with Crippen LogP contribution in [-0.4, -0.2) is 58.5 Å². The molecule has 3 rings (SSSR count). The zero-order valence-electron chi connectivity index (χ0n) is 18.7. The van der Waals surface area contributed by atoms with Crippen molar-refractivity contribution in [2.75, 3.05) is 19.7 Å². The molecule has 7 heteroatoms. The number of ether oxygens (including phenoxy) is 1. The van der Waals surface area contributed by atoms with Crippen molar-refractivity contribution in [3.63, 3.8) is 0 Å². The van der Waals surface area contributed by atoms with E-state index in [9.17, 15) is 9.59 Å². The van der Waals surface area contributed by atoms with Gasteiger partial charge in [0.2, 0.25) is 11.8 Å². The molecular formula is C23H38N4O3. The molecule has 2 heterocycles. The summed E-state index contributed by atoms with van der Waals surface area (Å²) < 4.78 is 6.14. The van der Waals surface area contributed by atoms with E-state index in [1.54, 1.807) is 6.20 Å². The molecule has 0 radical (unpaired) electrons. The zero-order valence-corrected chi connectivity index (χ0v) is 18.7. The summed E-state index contributed by atoms with van der Waals surface area (Å²) in [6.07, 6.45) is 11.3. The van der Waals surface area contributed by atoms with Gasteiger partial charge in [-0.1, -0.05) is 33.1 Å². The molecule has 168 valence electrons. The standard InChI is InChI=1S/C23H38N4O3/c1-16(2)22(28)26-20(17(3)30-15-18-7-5-4-6-8-18)23(29)27-13-9-19(10-14-27)21-24-11-12-25-21/h11-12,16-20H,4-10,13-15H2,1-3H3,(H,24,25)(H,26,28). The molecule has 2 unspecified atom stereocenters. The molecule has 0 spiro atoms. The lowest BCUT2D eigenvalue weighted by molar-refractivity contribution is -0.142. The van der Waals surface area contributed by atoms with Crippen molar-refractivity contribution >= 4 is 11.8 Å². The van der Waals surface area contributed by atoms with E-state index >= 15 is 0 Å². The molecule has 0 bridgehead atoms. The van der Waals surface area contributed by atoms with Crippen LogP contribution in [0.2, 0.25) is 0 Å². The Morgan fingerprint density at radius 1 is 1.17 bits per heavy atom. The Labute approximate surface area is 180 Å². The Bertz CT molecular complexity index is 662. The number of hydrogen-bond acceptors (Lipinski definition) is 4. The van der Waals surface area contributed by atoms with Gasteiger partial charge in [0.05, 0.1) is 6.10 Å². The van der Waals surface area contributed by atoms with Crippen LogP contribution in [0, 0.1) is 11.8 Å². The third-order valence-corrected chi connectivity index (χ3v) is 6.59. The average Bonchev–Trinajstić information content (AvgIpc) is 3.31. The van der Waals surface area contributed by atoms with Gasteiger partial charge in [-0.05, 0) is 38.5 Å². The molecule has 1 aliphatic carbocycles. The molecule has 2 amide bonds. The first kappa shape index (κ1) is 22.8. The fourth-order valence-electron chi connectivity index (χ4n) is 4.51. The number of imidazole rings is 1. The van der Waals surface area contributed by atoms with Crippen LogP contribution in [-0.2, 0) is 14.3 Å². The van der Waals surface area contributed by atoms with Crippen molar-refractivity contribution in [1.29, 1.82) is 0 Å². The van der Waals surface area contributed by atoms with E-state index in [2.05, 4.69) is 15.3 Å². The highest BCUT2D eigenvalue weighted by Crippen LogP contribution is 2.27. The second kappa shape index (κ2) is 10.9. The molecule has 7 nitrogen and oxygen atoms in total. The number of nitrogens with zero attached hydrogens (tertiary/aromatic N) is 2. The van der Waals surface area contributed by atoms with Gasteiger partial charge in [0.15, 0.2) is 0 Å². The summed E-state index contributed by atoms with van der Waals surface area (Å²) in [5.41, 5.74) is 0. The van der Waals surface area contributed by atoms with Crippen molar-refractivity contribution in [1.82, 2.24) is 20.2 Å². The van der Waals surface area contributed by atoms with Crippen molar-refractivity contribution in [2.24, 2.45) is 11.8 Å². The normalized spacial score (nSPS) is 20.9. The number of nitrogens with one attached hydrogen (secondary N) is 2. The van der Waals surface area contributed by atoms with Crippen LogP contribution in [0.15, 0.2) is 12.4 Å². The van der Waals surface area contributed by atoms with E-state index in [4.69, 9.17) is 4.74 Å². The Balaban J connectivity index is 1.58. The van der Waals surface area contributed by atoms with Crippen LogP contribution >= 0.6 is 0 Å². The minimum Gasteiger partial charge on any atom is -0.376 e. The Morgan fingerprint density at radius 2 is 1.87 bits per heavy atom. The number of hydrogen-bond donors (Lipinski definition) is 2. The van der Waals surface area contributed by atoms with Gasteiger partial charge < -0.3 is 19.9 Å². The largest absolute Gasteiger partial charge is 0.376 e. The van der Waals surface area contributed by atoms with Gasteiger partial charge in [0, 0.05) is 43.9 Å². The van der Waals surface area contributed by atoms with Crippen molar-refractivity contribution in [3.05, 3.63) is 18.2 Å². The maximum absolute atomic E-state index is 13.3. The van der Waals surface area contributed by atoms with Gasteiger partial charge in [-0.15, -0.1) is 0 Å². The molecule has 2 aliphatic rings. The summed E-state index contributed by atoms with van der Waals surface area (Å²) in [7, 11) is 0. The second-order valence-corrected chi connectivity index (χ2v) is 9.26. The van der Waals surface area contributed by atoms with E-state index in [1.165, 1.54) is 32.1 Å². The lowest BCUT2D eigenvalue weighted by Gasteiger charge is -2.36. The number of piperidine rings is 1. The molecule has 30 heavy (non-hydrogen) atoms. The molecule has 2 fully saturated rings. The van der Waals surface area contributed by atoms with Gasteiger partial charge in [-0.2, -0.15) is 0 Å². The maximum atomic E-state index is 13.3. The molecule has 1 saturated heterocycles. The first-order chi connectivity index (χ1) is 14.5. The van der Waals surface area contributed by atoms with Crippen molar-refractivity contribution in [3.8, 4) is 0 Å². The van der Waals surface area contributed by atoms with Gasteiger partial charge in [-0.25, -0.2) is 4.98 Å². The number of aromatic amines is 1. The maximum Gasteiger partial charge on any atom is 0.247 e. The number of aromatic nitrogens is 2. The molecule has 1 aliphatic heterocycles. The number of carbonyl (C=O) groups excluding carboxylic acids is 2. The van der Waals surface area contributed by atoms with E-state index in [0.717, 1.165) is 18.7 Å². The Hall–Kier alpha value is -1.89. The summed E-state index contributed by atoms with van der Waals surface area (Å²) >= 11 is 0. The summed E-state index contributed by atoms with van der Waals surface area (Å²) in [5, 5.41) is 2.97. The van der Waals surface area contributed by atoms with E-state index in [0.29, 0.717) is 31.5 Å². The second-order valence-electron chi connectivity index (χ2n) is 9.26. The first-order valence-corrected chi connectivity index (χ1v) is 11.7. The monoisotopic (exact) mass is 418 g/mol. The van der Waals surface area contributed by atoms with Crippen LogP contribution in [0.3, 0.4) is 0 Å². The number of H-pyrrole nitrogens is 1. The molecule has 2 N–H and O–H groups in total. The average molecular weight is 419 g/mol. The Morgan fingerprint density at radius 3 is 2.47 bits per heavy atom. The summed E-state index contributed by atoms with van der Waals surface area (Å²) in [5.74, 6) is 1.62. The zero-order chi connectivity index (χ0) is 21.5. The van der Waals surface area contributed by atoms with Gasteiger partial charge in [-0.3, -0.25) is 9.59 Å². The molecule has 0 aromatic carbocycles. The van der Waals surface area contributed by atoms with Gasteiger partial charge >= 0.3 is 0 Å². The van der Waals surface area contributed by atoms with Crippen LogP contribution < -0.4 is 5.32 Å². The third kappa shape index (κ3) is 6.06. The minimum atomic E-state index is -0.636. The number of amides is 2. The van der Waals surface area contributed by atoms with Crippen LogP contribution in [0.1, 0.15) is 77.5 Å². The predicted molar refractivity (Wildman–Crippen MR) is 116 cm³/mol. The summed E-state index contributed by atoms with van der Waals surface area (Å²) in [4.78, 5) is 35.2. The molecule has 1 aromatic heterocycles. The highest BCUT2D eigenvalue weighted by Gasteiger charge is 2.34. The number of carbonyl (C=O) groups is 2.